The van der Waals surface area contributed by atoms with Crippen molar-refractivity contribution in [2.45, 2.75) is 19.5 Å². The lowest BCUT2D eigenvalue weighted by Crippen LogP contribution is -2.34. The first-order chi connectivity index (χ1) is 7.13. The molecule has 0 aliphatic heterocycles. The fourth-order valence-electron chi connectivity index (χ4n) is 1.12. The normalized spacial score (nSPS) is 12.7. The fourth-order valence-corrected chi connectivity index (χ4v) is 1.89. The van der Waals surface area contributed by atoms with Crippen molar-refractivity contribution in [3.05, 3.63) is 21.9 Å². The van der Waals surface area contributed by atoms with Crippen molar-refractivity contribution in [3.63, 3.8) is 0 Å². The van der Waals surface area contributed by atoms with Gasteiger partial charge >= 0.3 is 0 Å². The third-order valence-electron chi connectivity index (χ3n) is 2.39. The molecule has 0 aliphatic rings. The van der Waals surface area contributed by atoms with E-state index in [1.807, 2.05) is 12.1 Å². The molecule has 0 bridgehead atoms. The fraction of sp³-hybridized carbons (Fsp3) is 0.545. The maximum absolute atomic E-state index is 8.67. The Morgan fingerprint density at radius 3 is 2.80 bits per heavy atom. The Labute approximate surface area is 95.3 Å². The molecule has 1 heterocycles. The standard InChI is InChI=1S/C11H17N3S/c1-9(14(2)3)7-13-8-11-5-4-10(6-12)15-11/h4-5,9,13H,7-8H2,1-3H3. The Balaban J connectivity index is 2.29. The minimum absolute atomic E-state index is 0.528. The summed E-state index contributed by atoms with van der Waals surface area (Å²) in [6.45, 7) is 4.00. The lowest BCUT2D eigenvalue weighted by atomic mass is 10.3. The van der Waals surface area contributed by atoms with Crippen LogP contribution in [-0.2, 0) is 6.54 Å². The molecule has 3 nitrogen and oxygen atoms in total. The van der Waals surface area contributed by atoms with Crippen LogP contribution >= 0.6 is 11.3 Å². The molecule has 0 aromatic carbocycles. The molecule has 0 radical (unpaired) electrons. The van der Waals surface area contributed by atoms with Crippen LogP contribution in [-0.4, -0.2) is 31.6 Å². The van der Waals surface area contributed by atoms with E-state index >= 15 is 0 Å². The van der Waals surface area contributed by atoms with E-state index in [0.717, 1.165) is 18.0 Å². The third kappa shape index (κ3) is 4.00. The second-order valence-electron chi connectivity index (χ2n) is 3.82. The van der Waals surface area contributed by atoms with Gasteiger partial charge in [-0.15, -0.1) is 11.3 Å². The van der Waals surface area contributed by atoms with E-state index in [1.165, 1.54) is 4.88 Å². The summed E-state index contributed by atoms with van der Waals surface area (Å²) in [5.41, 5.74) is 0. The van der Waals surface area contributed by atoms with Gasteiger partial charge in [0.15, 0.2) is 0 Å². The van der Waals surface area contributed by atoms with Gasteiger partial charge in [0.1, 0.15) is 10.9 Å². The summed E-state index contributed by atoms with van der Waals surface area (Å²) in [5, 5.41) is 12.1. The highest BCUT2D eigenvalue weighted by Gasteiger charge is 2.04. The zero-order valence-electron chi connectivity index (χ0n) is 9.45. The molecule has 82 valence electrons. The van der Waals surface area contributed by atoms with Gasteiger partial charge in [-0.3, -0.25) is 0 Å². The largest absolute Gasteiger partial charge is 0.310 e. The minimum atomic E-state index is 0.528. The Bertz CT molecular complexity index is 338. The average Bonchev–Trinajstić information content (AvgIpc) is 2.65. The number of nitriles is 1. The Morgan fingerprint density at radius 1 is 1.53 bits per heavy atom. The number of thiophene rings is 1. The van der Waals surface area contributed by atoms with Gasteiger partial charge in [-0.1, -0.05) is 0 Å². The summed E-state index contributed by atoms with van der Waals surface area (Å²) < 4.78 is 0. The number of nitrogens with zero attached hydrogens (tertiary/aromatic N) is 2. The molecule has 4 heteroatoms. The summed E-state index contributed by atoms with van der Waals surface area (Å²) in [6.07, 6.45) is 0. The van der Waals surface area contributed by atoms with Crippen molar-refractivity contribution >= 4 is 11.3 Å². The van der Waals surface area contributed by atoms with E-state index in [2.05, 4.69) is 37.3 Å². The van der Waals surface area contributed by atoms with Gasteiger partial charge in [0.25, 0.3) is 0 Å². The molecule has 1 atom stereocenters. The van der Waals surface area contributed by atoms with Gasteiger partial charge in [0.05, 0.1) is 0 Å². The van der Waals surface area contributed by atoms with E-state index in [9.17, 15) is 0 Å². The summed E-state index contributed by atoms with van der Waals surface area (Å²) >= 11 is 1.56. The van der Waals surface area contributed by atoms with Crippen molar-refractivity contribution in [1.82, 2.24) is 10.2 Å². The molecule has 1 N–H and O–H groups in total. The molecule has 1 unspecified atom stereocenters. The van der Waals surface area contributed by atoms with Gasteiger partial charge < -0.3 is 10.2 Å². The first-order valence-corrected chi connectivity index (χ1v) is 5.81. The molecule has 0 amide bonds. The number of hydrogen-bond donors (Lipinski definition) is 1. The zero-order valence-corrected chi connectivity index (χ0v) is 10.3. The number of rotatable bonds is 5. The van der Waals surface area contributed by atoms with Gasteiger partial charge in [-0.2, -0.15) is 5.26 Å². The number of hydrogen-bond acceptors (Lipinski definition) is 4. The van der Waals surface area contributed by atoms with Crippen molar-refractivity contribution < 1.29 is 0 Å². The van der Waals surface area contributed by atoms with Crippen molar-refractivity contribution in [3.8, 4) is 6.07 Å². The molecule has 0 fully saturated rings. The highest BCUT2D eigenvalue weighted by atomic mass is 32.1. The molecule has 0 spiro atoms. The van der Waals surface area contributed by atoms with Gasteiger partial charge in [-0.05, 0) is 33.2 Å². The van der Waals surface area contributed by atoms with Crippen LogP contribution in [0, 0.1) is 11.3 Å². The van der Waals surface area contributed by atoms with Crippen molar-refractivity contribution in [1.29, 1.82) is 5.26 Å². The lowest BCUT2D eigenvalue weighted by Gasteiger charge is -2.19. The summed E-state index contributed by atoms with van der Waals surface area (Å²) in [7, 11) is 4.15. The summed E-state index contributed by atoms with van der Waals surface area (Å²) in [6, 6.07) is 6.56. The van der Waals surface area contributed by atoms with Gasteiger partial charge in [-0.25, -0.2) is 0 Å². The van der Waals surface area contributed by atoms with Crippen molar-refractivity contribution in [2.24, 2.45) is 0 Å². The zero-order chi connectivity index (χ0) is 11.3. The topological polar surface area (TPSA) is 39.1 Å². The molecular formula is C11H17N3S. The van der Waals surface area contributed by atoms with Gasteiger partial charge in [0, 0.05) is 24.0 Å². The van der Waals surface area contributed by atoms with Gasteiger partial charge in [0.2, 0.25) is 0 Å². The molecule has 1 aromatic rings. The predicted molar refractivity (Wildman–Crippen MR) is 63.9 cm³/mol. The average molecular weight is 223 g/mol. The van der Waals surface area contributed by atoms with E-state index in [0.29, 0.717) is 6.04 Å². The first kappa shape index (κ1) is 12.2. The molecule has 0 saturated carbocycles. The Morgan fingerprint density at radius 2 is 2.27 bits per heavy atom. The Hall–Kier alpha value is -0.890. The molecule has 1 aromatic heterocycles. The molecule has 0 aliphatic carbocycles. The van der Waals surface area contributed by atoms with E-state index < -0.39 is 0 Å². The monoisotopic (exact) mass is 223 g/mol. The quantitative estimate of drug-likeness (QED) is 0.825. The SMILES string of the molecule is CC(CNCc1ccc(C#N)s1)N(C)C. The maximum Gasteiger partial charge on any atom is 0.110 e. The van der Waals surface area contributed by atoms with E-state index in [-0.39, 0.29) is 0 Å². The van der Waals surface area contributed by atoms with Crippen LogP contribution in [0.1, 0.15) is 16.7 Å². The highest BCUT2D eigenvalue weighted by molar-refractivity contribution is 7.12. The summed E-state index contributed by atoms with van der Waals surface area (Å²) in [4.78, 5) is 4.19. The second kappa shape index (κ2) is 5.86. The second-order valence-corrected chi connectivity index (χ2v) is 4.99. The van der Waals surface area contributed by atoms with Crippen LogP contribution in [0.3, 0.4) is 0 Å². The molecule has 1 rings (SSSR count). The van der Waals surface area contributed by atoms with E-state index in [1.54, 1.807) is 11.3 Å². The van der Waals surface area contributed by atoms with Crippen LogP contribution < -0.4 is 5.32 Å². The molecule has 15 heavy (non-hydrogen) atoms. The maximum atomic E-state index is 8.67. The van der Waals surface area contributed by atoms with Crippen LogP contribution in [0.15, 0.2) is 12.1 Å². The smallest absolute Gasteiger partial charge is 0.110 e. The highest BCUT2D eigenvalue weighted by Crippen LogP contribution is 2.14. The van der Waals surface area contributed by atoms with Crippen LogP contribution in [0.2, 0.25) is 0 Å². The van der Waals surface area contributed by atoms with E-state index in [4.69, 9.17) is 5.26 Å². The predicted octanol–water partition coefficient (Wildman–Crippen LogP) is 1.66. The Kier molecular flexibility index (Phi) is 4.76. The molecule has 0 saturated heterocycles. The van der Waals surface area contributed by atoms with Crippen LogP contribution in [0.25, 0.3) is 0 Å². The third-order valence-corrected chi connectivity index (χ3v) is 3.38. The summed E-state index contributed by atoms with van der Waals surface area (Å²) in [5.74, 6) is 0. The first-order valence-electron chi connectivity index (χ1n) is 4.99. The lowest BCUT2D eigenvalue weighted by molar-refractivity contribution is 0.303. The minimum Gasteiger partial charge on any atom is -0.310 e. The number of nitrogens with one attached hydrogen (secondary N) is 1. The molecular weight excluding hydrogens is 206 g/mol. The van der Waals surface area contributed by atoms with Crippen LogP contribution in [0.5, 0.6) is 0 Å². The van der Waals surface area contributed by atoms with Crippen LogP contribution in [0.4, 0.5) is 0 Å². The number of likely N-dealkylation sites (N-methyl/N-ethyl adjacent to an activating group) is 1. The van der Waals surface area contributed by atoms with Crippen molar-refractivity contribution in [2.75, 3.05) is 20.6 Å².